The molecule has 0 atom stereocenters. The van der Waals surface area contributed by atoms with E-state index < -0.39 is 10.0 Å². The SMILES string of the molecule is CCN(C)c1ccc(C(=O)Nc2cccc(S(=O)(=O)N3CCCCCC3)c2)cc1. The summed E-state index contributed by atoms with van der Waals surface area (Å²) < 4.78 is 27.5. The highest BCUT2D eigenvalue weighted by molar-refractivity contribution is 7.89. The maximum atomic E-state index is 13.0. The second kappa shape index (κ2) is 9.41. The van der Waals surface area contributed by atoms with Gasteiger partial charge in [-0.25, -0.2) is 8.42 Å². The summed E-state index contributed by atoms with van der Waals surface area (Å²) in [7, 11) is -1.56. The van der Waals surface area contributed by atoms with Gasteiger partial charge in [0.05, 0.1) is 4.90 Å². The zero-order valence-corrected chi connectivity index (χ0v) is 17.9. The number of anilines is 2. The molecule has 1 amide bonds. The standard InChI is InChI=1S/C22H29N3O3S/c1-3-24(2)20-13-11-18(12-14-20)22(26)23-19-9-8-10-21(17-19)29(27,28)25-15-6-4-5-7-16-25/h8-14,17H,3-7,15-16H2,1-2H3,(H,23,26). The molecule has 29 heavy (non-hydrogen) atoms. The number of benzene rings is 2. The lowest BCUT2D eigenvalue weighted by Crippen LogP contribution is -2.32. The monoisotopic (exact) mass is 415 g/mol. The molecule has 2 aromatic carbocycles. The third-order valence-electron chi connectivity index (χ3n) is 5.34. The van der Waals surface area contributed by atoms with Crippen LogP contribution in [0.4, 0.5) is 11.4 Å². The van der Waals surface area contributed by atoms with Crippen molar-refractivity contribution in [2.75, 3.05) is 36.9 Å². The molecular weight excluding hydrogens is 386 g/mol. The van der Waals surface area contributed by atoms with Crippen LogP contribution in [-0.2, 0) is 10.0 Å². The van der Waals surface area contributed by atoms with Gasteiger partial charge in [-0.3, -0.25) is 4.79 Å². The number of carbonyl (C=O) groups is 1. The molecule has 0 unspecified atom stereocenters. The summed E-state index contributed by atoms with van der Waals surface area (Å²) in [5.74, 6) is -0.264. The van der Waals surface area contributed by atoms with Crippen LogP contribution in [0.15, 0.2) is 53.4 Å². The van der Waals surface area contributed by atoms with E-state index in [0.717, 1.165) is 37.9 Å². The second-order valence-corrected chi connectivity index (χ2v) is 9.30. The molecule has 0 radical (unpaired) electrons. The molecule has 1 fully saturated rings. The Kier molecular flexibility index (Phi) is 6.92. The third-order valence-corrected chi connectivity index (χ3v) is 7.23. The van der Waals surface area contributed by atoms with Crippen LogP contribution in [-0.4, -0.2) is 45.3 Å². The Bertz CT molecular complexity index is 934. The van der Waals surface area contributed by atoms with E-state index in [2.05, 4.69) is 17.1 Å². The van der Waals surface area contributed by atoms with Gasteiger partial charge in [0.1, 0.15) is 0 Å². The number of hydrogen-bond donors (Lipinski definition) is 1. The molecule has 7 heteroatoms. The van der Waals surface area contributed by atoms with Gasteiger partial charge in [0.25, 0.3) is 5.91 Å². The quantitative estimate of drug-likeness (QED) is 0.775. The van der Waals surface area contributed by atoms with Crippen molar-refractivity contribution in [2.45, 2.75) is 37.5 Å². The van der Waals surface area contributed by atoms with Crippen LogP contribution in [0.25, 0.3) is 0 Å². The highest BCUT2D eigenvalue weighted by atomic mass is 32.2. The first kappa shape index (κ1) is 21.3. The van der Waals surface area contributed by atoms with Crippen LogP contribution in [0.3, 0.4) is 0 Å². The fourth-order valence-electron chi connectivity index (χ4n) is 3.42. The second-order valence-electron chi connectivity index (χ2n) is 7.36. The summed E-state index contributed by atoms with van der Waals surface area (Å²) in [4.78, 5) is 14.9. The predicted octanol–water partition coefficient (Wildman–Crippen LogP) is 3.96. The molecule has 0 saturated carbocycles. The smallest absolute Gasteiger partial charge is 0.255 e. The van der Waals surface area contributed by atoms with E-state index in [1.165, 1.54) is 6.07 Å². The lowest BCUT2D eigenvalue weighted by atomic mass is 10.2. The summed E-state index contributed by atoms with van der Waals surface area (Å²) in [6.45, 7) is 4.05. The minimum absolute atomic E-state index is 0.220. The van der Waals surface area contributed by atoms with E-state index in [1.54, 1.807) is 34.6 Å². The van der Waals surface area contributed by atoms with Crippen LogP contribution < -0.4 is 10.2 Å². The van der Waals surface area contributed by atoms with Crippen LogP contribution in [0.1, 0.15) is 43.0 Å². The number of nitrogens with one attached hydrogen (secondary N) is 1. The minimum atomic E-state index is -3.55. The Morgan fingerprint density at radius 3 is 2.31 bits per heavy atom. The molecule has 0 aliphatic carbocycles. The van der Waals surface area contributed by atoms with Gasteiger partial charge in [-0.05, 0) is 62.2 Å². The van der Waals surface area contributed by atoms with E-state index in [9.17, 15) is 13.2 Å². The van der Waals surface area contributed by atoms with Gasteiger partial charge < -0.3 is 10.2 Å². The van der Waals surface area contributed by atoms with Gasteiger partial charge in [0.15, 0.2) is 0 Å². The first-order valence-electron chi connectivity index (χ1n) is 10.1. The molecule has 1 N–H and O–H groups in total. The van der Waals surface area contributed by atoms with Crippen molar-refractivity contribution < 1.29 is 13.2 Å². The minimum Gasteiger partial charge on any atom is -0.375 e. The highest BCUT2D eigenvalue weighted by Gasteiger charge is 2.25. The van der Waals surface area contributed by atoms with Crippen LogP contribution in [0.2, 0.25) is 0 Å². The summed E-state index contributed by atoms with van der Waals surface area (Å²) in [6.07, 6.45) is 3.90. The van der Waals surface area contributed by atoms with Gasteiger partial charge in [0.2, 0.25) is 10.0 Å². The van der Waals surface area contributed by atoms with Gasteiger partial charge in [0, 0.05) is 43.6 Å². The van der Waals surface area contributed by atoms with Crippen LogP contribution >= 0.6 is 0 Å². The fourth-order valence-corrected chi connectivity index (χ4v) is 4.98. The average molecular weight is 416 g/mol. The fraction of sp³-hybridized carbons (Fsp3) is 0.409. The molecule has 1 aliphatic heterocycles. The normalized spacial score (nSPS) is 15.5. The number of sulfonamides is 1. The van der Waals surface area contributed by atoms with E-state index in [0.29, 0.717) is 24.3 Å². The molecule has 1 aliphatic rings. The molecule has 156 valence electrons. The van der Waals surface area contributed by atoms with Crippen LogP contribution in [0.5, 0.6) is 0 Å². The van der Waals surface area contributed by atoms with Crippen molar-refractivity contribution in [1.29, 1.82) is 0 Å². The van der Waals surface area contributed by atoms with Crippen LogP contribution in [0, 0.1) is 0 Å². The lowest BCUT2D eigenvalue weighted by molar-refractivity contribution is 0.102. The average Bonchev–Trinajstić information content (AvgIpc) is 3.03. The summed E-state index contributed by atoms with van der Waals surface area (Å²) >= 11 is 0. The maximum Gasteiger partial charge on any atom is 0.255 e. The first-order valence-corrected chi connectivity index (χ1v) is 11.6. The van der Waals surface area contributed by atoms with Gasteiger partial charge in [-0.15, -0.1) is 0 Å². The predicted molar refractivity (Wildman–Crippen MR) is 117 cm³/mol. The molecule has 2 aromatic rings. The Morgan fingerprint density at radius 1 is 1.03 bits per heavy atom. The largest absolute Gasteiger partial charge is 0.375 e. The van der Waals surface area contributed by atoms with E-state index in [4.69, 9.17) is 0 Å². The van der Waals surface area contributed by atoms with Crippen molar-refractivity contribution in [3.05, 3.63) is 54.1 Å². The van der Waals surface area contributed by atoms with Gasteiger partial charge >= 0.3 is 0 Å². The van der Waals surface area contributed by atoms with E-state index >= 15 is 0 Å². The van der Waals surface area contributed by atoms with Gasteiger partial charge in [-0.1, -0.05) is 18.9 Å². The van der Waals surface area contributed by atoms with Gasteiger partial charge in [-0.2, -0.15) is 4.31 Å². The zero-order chi connectivity index (χ0) is 20.9. The molecule has 1 saturated heterocycles. The Labute approximate surface area is 173 Å². The topological polar surface area (TPSA) is 69.7 Å². The van der Waals surface area contributed by atoms with E-state index in [1.807, 2.05) is 19.2 Å². The van der Waals surface area contributed by atoms with Crippen molar-refractivity contribution in [3.63, 3.8) is 0 Å². The number of carbonyl (C=O) groups excluding carboxylic acids is 1. The molecule has 6 nitrogen and oxygen atoms in total. The summed E-state index contributed by atoms with van der Waals surface area (Å²) in [5.41, 5.74) is 2.04. The summed E-state index contributed by atoms with van der Waals surface area (Å²) in [6, 6.07) is 13.8. The van der Waals surface area contributed by atoms with Crippen molar-refractivity contribution in [1.82, 2.24) is 4.31 Å². The molecule has 0 aromatic heterocycles. The highest BCUT2D eigenvalue weighted by Crippen LogP contribution is 2.23. The molecule has 0 spiro atoms. The van der Waals surface area contributed by atoms with Crippen molar-refractivity contribution >= 4 is 27.3 Å². The zero-order valence-electron chi connectivity index (χ0n) is 17.1. The molecule has 1 heterocycles. The van der Waals surface area contributed by atoms with Crippen molar-refractivity contribution in [2.24, 2.45) is 0 Å². The lowest BCUT2D eigenvalue weighted by Gasteiger charge is -2.20. The Hall–Kier alpha value is -2.38. The van der Waals surface area contributed by atoms with E-state index in [-0.39, 0.29) is 10.8 Å². The number of rotatable bonds is 6. The number of amides is 1. The van der Waals surface area contributed by atoms with Crippen molar-refractivity contribution in [3.8, 4) is 0 Å². The number of nitrogens with zero attached hydrogens (tertiary/aromatic N) is 2. The summed E-state index contributed by atoms with van der Waals surface area (Å²) in [5, 5.41) is 2.81. The molecule has 3 rings (SSSR count). The third kappa shape index (κ3) is 5.16. The Morgan fingerprint density at radius 2 is 1.69 bits per heavy atom. The first-order chi connectivity index (χ1) is 13.9. The number of hydrogen-bond acceptors (Lipinski definition) is 4. The Balaban J connectivity index is 1.74. The maximum absolute atomic E-state index is 13.0. The molecule has 0 bridgehead atoms. The molecular formula is C22H29N3O3S.